The van der Waals surface area contributed by atoms with Gasteiger partial charge in [0.1, 0.15) is 5.75 Å². The molecule has 0 fully saturated rings. The number of aromatic nitrogens is 1. The van der Waals surface area contributed by atoms with E-state index in [1.807, 2.05) is 24.3 Å². The third-order valence-corrected chi connectivity index (χ3v) is 4.27. The second-order valence-electron chi connectivity index (χ2n) is 6.28. The number of hydrogen-bond acceptors (Lipinski definition) is 6. The Kier molecular flexibility index (Phi) is 7.37. The normalized spacial score (nSPS) is 10.4. The van der Waals surface area contributed by atoms with E-state index in [1.54, 1.807) is 27.9 Å². The number of carbonyl (C=O) groups excluding carboxylic acids is 3. The van der Waals surface area contributed by atoms with Gasteiger partial charge >= 0.3 is 11.9 Å². The Bertz CT molecular complexity index is 851. The number of carbonyl (C=O) groups is 3. The molecule has 0 unspecified atom stereocenters. The lowest BCUT2D eigenvalue weighted by molar-refractivity contribution is -0.142. The van der Waals surface area contributed by atoms with Gasteiger partial charge in [0.15, 0.2) is 6.61 Å². The minimum Gasteiger partial charge on any atom is -0.497 e. The number of ketones is 1. The Hall–Kier alpha value is -3.09. The number of ether oxygens (including phenoxy) is 3. The lowest BCUT2D eigenvalue weighted by Gasteiger charge is -2.07. The molecule has 1 N–H and O–H groups in total. The summed E-state index contributed by atoms with van der Waals surface area (Å²) in [5.74, 6) is -0.750. The SMILES string of the molecule is CCOC(=O)c1c(C)[nH]c(C)c1C(=O)COC(=O)CCc1ccc(OC)cc1. The maximum absolute atomic E-state index is 12.5. The van der Waals surface area contributed by atoms with Gasteiger partial charge in [-0.3, -0.25) is 9.59 Å². The van der Waals surface area contributed by atoms with Crippen LogP contribution in [0.2, 0.25) is 0 Å². The lowest BCUT2D eigenvalue weighted by Crippen LogP contribution is -2.18. The number of methoxy groups -OCH3 is 1. The molecule has 0 atom stereocenters. The predicted octanol–water partition coefficient (Wildman–Crippen LogP) is 3.18. The molecule has 0 aliphatic heterocycles. The van der Waals surface area contributed by atoms with E-state index in [2.05, 4.69) is 4.98 Å². The highest BCUT2D eigenvalue weighted by Crippen LogP contribution is 2.20. The van der Waals surface area contributed by atoms with Gasteiger partial charge in [-0.05, 0) is 44.9 Å². The zero-order chi connectivity index (χ0) is 20.7. The average molecular weight is 387 g/mol. The van der Waals surface area contributed by atoms with Crippen LogP contribution in [0, 0.1) is 13.8 Å². The summed E-state index contributed by atoms with van der Waals surface area (Å²) in [6.07, 6.45) is 0.642. The Morgan fingerprint density at radius 3 is 2.21 bits per heavy atom. The molecule has 0 radical (unpaired) electrons. The fourth-order valence-corrected chi connectivity index (χ4v) is 2.92. The molecule has 0 amide bonds. The van der Waals surface area contributed by atoms with Crippen LogP contribution < -0.4 is 4.74 Å². The quantitative estimate of drug-likeness (QED) is 0.525. The zero-order valence-corrected chi connectivity index (χ0v) is 16.6. The van der Waals surface area contributed by atoms with Crippen molar-refractivity contribution in [2.24, 2.45) is 0 Å². The van der Waals surface area contributed by atoms with Gasteiger partial charge in [0, 0.05) is 17.8 Å². The van der Waals surface area contributed by atoms with Crippen LogP contribution in [-0.2, 0) is 20.7 Å². The minimum atomic E-state index is -0.571. The molecule has 28 heavy (non-hydrogen) atoms. The Balaban J connectivity index is 1.94. The van der Waals surface area contributed by atoms with Crippen molar-refractivity contribution >= 4 is 17.7 Å². The van der Waals surface area contributed by atoms with Crippen molar-refractivity contribution in [3.8, 4) is 5.75 Å². The first kappa shape index (κ1) is 21.2. The van der Waals surface area contributed by atoms with Crippen molar-refractivity contribution in [1.29, 1.82) is 0 Å². The first-order valence-electron chi connectivity index (χ1n) is 9.05. The molecule has 0 saturated heterocycles. The van der Waals surface area contributed by atoms with Crippen molar-refractivity contribution in [2.45, 2.75) is 33.6 Å². The fraction of sp³-hybridized carbons (Fsp3) is 0.381. The number of H-pyrrole nitrogens is 1. The van der Waals surface area contributed by atoms with Crippen LogP contribution in [-0.4, -0.2) is 43.0 Å². The van der Waals surface area contributed by atoms with E-state index in [0.29, 0.717) is 17.8 Å². The van der Waals surface area contributed by atoms with E-state index in [-0.39, 0.29) is 24.2 Å². The molecular formula is C21H25NO6. The van der Waals surface area contributed by atoms with Crippen molar-refractivity contribution in [1.82, 2.24) is 4.98 Å². The monoisotopic (exact) mass is 387 g/mol. The lowest BCUT2D eigenvalue weighted by atomic mass is 10.1. The molecule has 0 aliphatic rings. The van der Waals surface area contributed by atoms with E-state index in [4.69, 9.17) is 14.2 Å². The topological polar surface area (TPSA) is 94.7 Å². The number of hydrogen-bond donors (Lipinski definition) is 1. The van der Waals surface area contributed by atoms with Crippen LogP contribution in [0.25, 0.3) is 0 Å². The van der Waals surface area contributed by atoms with E-state index in [0.717, 1.165) is 11.3 Å². The molecule has 150 valence electrons. The average Bonchev–Trinajstić information content (AvgIpc) is 2.99. The molecule has 0 saturated carbocycles. The number of rotatable bonds is 9. The van der Waals surface area contributed by atoms with Crippen LogP contribution in [0.1, 0.15) is 51.0 Å². The van der Waals surface area contributed by atoms with E-state index in [9.17, 15) is 14.4 Å². The maximum Gasteiger partial charge on any atom is 0.340 e. The molecular weight excluding hydrogens is 362 g/mol. The van der Waals surface area contributed by atoms with Crippen molar-refractivity contribution in [2.75, 3.05) is 20.3 Å². The third-order valence-electron chi connectivity index (χ3n) is 4.27. The van der Waals surface area contributed by atoms with Gasteiger partial charge in [0.05, 0.1) is 24.8 Å². The number of benzene rings is 1. The molecule has 1 aromatic heterocycles. The van der Waals surface area contributed by atoms with Gasteiger partial charge < -0.3 is 19.2 Å². The largest absolute Gasteiger partial charge is 0.497 e. The Morgan fingerprint density at radius 2 is 1.61 bits per heavy atom. The van der Waals surface area contributed by atoms with Crippen LogP contribution in [0.5, 0.6) is 5.75 Å². The number of Topliss-reactive ketones (excluding diaryl/α,β-unsaturated/α-hetero) is 1. The van der Waals surface area contributed by atoms with Crippen molar-refractivity contribution < 1.29 is 28.6 Å². The third kappa shape index (κ3) is 5.22. The first-order valence-corrected chi connectivity index (χ1v) is 9.05. The summed E-state index contributed by atoms with van der Waals surface area (Å²) in [4.78, 5) is 39.6. The van der Waals surface area contributed by atoms with Crippen LogP contribution in [0.4, 0.5) is 0 Å². The Labute approximate surface area is 164 Å². The first-order chi connectivity index (χ1) is 13.4. The summed E-state index contributed by atoms with van der Waals surface area (Å²) in [5.41, 5.74) is 2.45. The maximum atomic E-state index is 12.5. The molecule has 7 heteroatoms. The number of aryl methyl sites for hydroxylation is 3. The highest BCUT2D eigenvalue weighted by Gasteiger charge is 2.25. The molecule has 2 aromatic rings. The predicted molar refractivity (Wildman–Crippen MR) is 103 cm³/mol. The van der Waals surface area contributed by atoms with Gasteiger partial charge in [-0.25, -0.2) is 4.79 Å². The molecule has 1 aromatic carbocycles. The smallest absolute Gasteiger partial charge is 0.340 e. The van der Waals surface area contributed by atoms with Gasteiger partial charge in [-0.2, -0.15) is 0 Å². The van der Waals surface area contributed by atoms with Gasteiger partial charge in [0.2, 0.25) is 5.78 Å². The highest BCUT2D eigenvalue weighted by molar-refractivity contribution is 6.09. The minimum absolute atomic E-state index is 0.148. The summed E-state index contributed by atoms with van der Waals surface area (Å²) in [6, 6.07) is 7.37. The van der Waals surface area contributed by atoms with Crippen LogP contribution in [0.3, 0.4) is 0 Å². The van der Waals surface area contributed by atoms with E-state index >= 15 is 0 Å². The summed E-state index contributed by atoms with van der Waals surface area (Å²) < 4.78 is 15.2. The second kappa shape index (κ2) is 9.73. The van der Waals surface area contributed by atoms with E-state index < -0.39 is 24.3 Å². The van der Waals surface area contributed by atoms with Gasteiger partial charge in [-0.1, -0.05) is 12.1 Å². The molecule has 0 spiro atoms. The van der Waals surface area contributed by atoms with Gasteiger partial charge in [0.25, 0.3) is 0 Å². The molecule has 7 nitrogen and oxygen atoms in total. The number of nitrogens with one attached hydrogen (secondary N) is 1. The van der Waals surface area contributed by atoms with Crippen molar-refractivity contribution in [3.63, 3.8) is 0 Å². The second-order valence-corrected chi connectivity index (χ2v) is 6.28. The summed E-state index contributed by atoms with van der Waals surface area (Å²) in [7, 11) is 1.59. The fourth-order valence-electron chi connectivity index (χ4n) is 2.92. The molecule has 1 heterocycles. The van der Waals surface area contributed by atoms with E-state index in [1.165, 1.54) is 0 Å². The molecule has 2 rings (SSSR count). The van der Waals surface area contributed by atoms with Crippen LogP contribution in [0.15, 0.2) is 24.3 Å². The van der Waals surface area contributed by atoms with Gasteiger partial charge in [-0.15, -0.1) is 0 Å². The molecule has 0 aliphatic carbocycles. The summed E-state index contributed by atoms with van der Waals surface area (Å²) in [5, 5.41) is 0. The number of aromatic amines is 1. The summed E-state index contributed by atoms with van der Waals surface area (Å²) >= 11 is 0. The molecule has 0 bridgehead atoms. The highest BCUT2D eigenvalue weighted by atomic mass is 16.5. The van der Waals surface area contributed by atoms with Crippen LogP contribution >= 0.6 is 0 Å². The zero-order valence-electron chi connectivity index (χ0n) is 16.6. The van der Waals surface area contributed by atoms with Crippen molar-refractivity contribution in [3.05, 3.63) is 52.3 Å². The Morgan fingerprint density at radius 1 is 0.964 bits per heavy atom. The summed E-state index contributed by atoms with van der Waals surface area (Å²) in [6.45, 7) is 4.85. The number of esters is 2. The standard InChI is InChI=1S/C21H25NO6/c1-5-27-21(25)20-14(3)22-13(2)19(20)17(23)12-28-18(24)11-8-15-6-9-16(26-4)10-7-15/h6-7,9-10,22H,5,8,11-12H2,1-4H3.